The van der Waals surface area contributed by atoms with Gasteiger partial charge >= 0.3 is 0 Å². The lowest BCUT2D eigenvalue weighted by Gasteiger charge is -2.08. The molecule has 0 saturated carbocycles. The molecule has 0 amide bonds. The van der Waals surface area contributed by atoms with E-state index in [1.165, 1.54) is 6.92 Å². The Morgan fingerprint density at radius 3 is 2.56 bits per heavy atom. The van der Waals surface area contributed by atoms with Gasteiger partial charge in [0.05, 0.1) is 13.1 Å². The number of carbonyl (C=O) groups is 2. The molecule has 52 valence electrons. The first kappa shape index (κ1) is 8.30. The first-order chi connectivity index (χ1) is 4.16. The van der Waals surface area contributed by atoms with Gasteiger partial charge in [0, 0.05) is 0 Å². The zero-order valence-electron chi connectivity index (χ0n) is 5.76. The quantitative estimate of drug-likeness (QED) is 0.489. The molecule has 0 fully saturated rings. The number of ketones is 1. The van der Waals surface area contributed by atoms with E-state index in [0.29, 0.717) is 13.1 Å². The van der Waals surface area contributed by atoms with Gasteiger partial charge in [0.25, 0.3) is 0 Å². The van der Waals surface area contributed by atoms with E-state index in [1.54, 1.807) is 11.9 Å². The van der Waals surface area contributed by atoms with Gasteiger partial charge in [0.1, 0.15) is 12.1 Å². The highest BCUT2D eigenvalue weighted by Gasteiger charge is 1.98. The van der Waals surface area contributed by atoms with Crippen molar-refractivity contribution in [3.8, 4) is 0 Å². The predicted octanol–water partition coefficient (Wildman–Crippen LogP) is -0.294. The molecule has 0 heterocycles. The summed E-state index contributed by atoms with van der Waals surface area (Å²) >= 11 is 0. The maximum atomic E-state index is 10.4. The number of rotatable bonds is 4. The summed E-state index contributed by atoms with van der Waals surface area (Å²) in [6.45, 7) is 2.19. The zero-order valence-corrected chi connectivity index (χ0v) is 5.76. The van der Waals surface area contributed by atoms with Crippen LogP contribution in [0.15, 0.2) is 0 Å². The largest absolute Gasteiger partial charge is 0.302 e. The third-order valence-electron chi connectivity index (χ3n) is 0.879. The zero-order chi connectivity index (χ0) is 7.28. The highest BCUT2D eigenvalue weighted by Crippen LogP contribution is 1.78. The minimum atomic E-state index is 0.0827. The Labute approximate surface area is 54.6 Å². The van der Waals surface area contributed by atoms with Crippen molar-refractivity contribution in [3.05, 3.63) is 0 Å². The summed E-state index contributed by atoms with van der Waals surface area (Å²) in [5.41, 5.74) is 0. The molecule has 0 atom stereocenters. The highest BCUT2D eigenvalue weighted by atomic mass is 16.1. The van der Waals surface area contributed by atoms with Crippen LogP contribution in [-0.4, -0.2) is 37.1 Å². The SMILES string of the molecule is CC(=O)CN(C)CC=O. The van der Waals surface area contributed by atoms with Gasteiger partial charge in [0.15, 0.2) is 0 Å². The fourth-order valence-electron chi connectivity index (χ4n) is 0.572. The van der Waals surface area contributed by atoms with Crippen LogP contribution in [0.3, 0.4) is 0 Å². The number of aldehydes is 1. The molecule has 0 saturated heterocycles. The predicted molar refractivity (Wildman–Crippen MR) is 34.2 cm³/mol. The second-order valence-corrected chi connectivity index (χ2v) is 2.07. The van der Waals surface area contributed by atoms with E-state index in [1.807, 2.05) is 0 Å². The third-order valence-corrected chi connectivity index (χ3v) is 0.879. The van der Waals surface area contributed by atoms with Crippen molar-refractivity contribution in [1.29, 1.82) is 0 Å². The maximum absolute atomic E-state index is 10.4. The smallest absolute Gasteiger partial charge is 0.143 e. The van der Waals surface area contributed by atoms with E-state index in [2.05, 4.69) is 0 Å². The Balaban J connectivity index is 3.37. The average Bonchev–Trinajstić information content (AvgIpc) is 1.63. The average molecular weight is 129 g/mol. The number of hydrogen-bond acceptors (Lipinski definition) is 3. The van der Waals surface area contributed by atoms with Crippen LogP contribution < -0.4 is 0 Å². The molecule has 0 aromatic heterocycles. The molecule has 0 rings (SSSR count). The van der Waals surface area contributed by atoms with Gasteiger partial charge in [-0.2, -0.15) is 0 Å². The molecular weight excluding hydrogens is 118 g/mol. The fraction of sp³-hybridized carbons (Fsp3) is 0.667. The van der Waals surface area contributed by atoms with E-state index in [4.69, 9.17) is 0 Å². The maximum Gasteiger partial charge on any atom is 0.143 e. The number of nitrogens with zero attached hydrogens (tertiary/aromatic N) is 1. The minimum absolute atomic E-state index is 0.0827. The van der Waals surface area contributed by atoms with Crippen LogP contribution in [0.5, 0.6) is 0 Å². The Morgan fingerprint density at radius 1 is 1.67 bits per heavy atom. The standard InChI is InChI=1S/C6H11NO2/c1-6(9)5-7(2)3-4-8/h4H,3,5H2,1-2H3. The summed E-state index contributed by atoms with van der Waals surface area (Å²) in [4.78, 5) is 21.9. The number of carbonyl (C=O) groups excluding carboxylic acids is 2. The Hall–Kier alpha value is -0.700. The van der Waals surface area contributed by atoms with Gasteiger partial charge in [-0.1, -0.05) is 0 Å². The van der Waals surface area contributed by atoms with Gasteiger partial charge in [-0.15, -0.1) is 0 Å². The van der Waals surface area contributed by atoms with Crippen molar-refractivity contribution in [2.45, 2.75) is 6.92 Å². The number of likely N-dealkylation sites (N-methyl/N-ethyl adjacent to an activating group) is 1. The van der Waals surface area contributed by atoms with Crippen LogP contribution in [0.2, 0.25) is 0 Å². The summed E-state index contributed by atoms with van der Waals surface area (Å²) in [5, 5.41) is 0. The number of hydrogen-bond donors (Lipinski definition) is 0. The van der Waals surface area contributed by atoms with Crippen molar-refractivity contribution in [3.63, 3.8) is 0 Å². The molecule has 0 radical (unpaired) electrons. The molecular formula is C6H11NO2. The molecule has 0 aliphatic carbocycles. The van der Waals surface area contributed by atoms with Crippen LogP contribution in [-0.2, 0) is 9.59 Å². The fourth-order valence-corrected chi connectivity index (χ4v) is 0.572. The second kappa shape index (κ2) is 4.21. The Morgan fingerprint density at radius 2 is 2.22 bits per heavy atom. The molecule has 0 aromatic rings. The molecule has 9 heavy (non-hydrogen) atoms. The molecule has 3 nitrogen and oxygen atoms in total. The second-order valence-electron chi connectivity index (χ2n) is 2.07. The van der Waals surface area contributed by atoms with E-state index in [9.17, 15) is 9.59 Å². The summed E-state index contributed by atoms with van der Waals surface area (Å²) in [7, 11) is 1.73. The van der Waals surface area contributed by atoms with E-state index < -0.39 is 0 Å². The van der Waals surface area contributed by atoms with Gasteiger partial charge in [-0.05, 0) is 14.0 Å². The van der Waals surface area contributed by atoms with Crippen molar-refractivity contribution < 1.29 is 9.59 Å². The topological polar surface area (TPSA) is 37.4 Å². The summed E-state index contributed by atoms with van der Waals surface area (Å²) in [6.07, 6.45) is 0.781. The molecule has 3 heteroatoms. The normalized spacial score (nSPS) is 9.67. The lowest BCUT2D eigenvalue weighted by atomic mass is 10.4. The molecule has 0 aliphatic heterocycles. The first-order valence-electron chi connectivity index (χ1n) is 2.78. The lowest BCUT2D eigenvalue weighted by molar-refractivity contribution is -0.118. The van der Waals surface area contributed by atoms with Crippen LogP contribution in [0, 0.1) is 0 Å². The van der Waals surface area contributed by atoms with Crippen molar-refractivity contribution in [2.24, 2.45) is 0 Å². The summed E-state index contributed by atoms with van der Waals surface area (Å²) < 4.78 is 0. The van der Waals surface area contributed by atoms with Gasteiger partial charge < -0.3 is 4.79 Å². The van der Waals surface area contributed by atoms with Gasteiger partial charge in [-0.25, -0.2) is 0 Å². The monoisotopic (exact) mass is 129 g/mol. The van der Waals surface area contributed by atoms with Crippen LogP contribution in [0.25, 0.3) is 0 Å². The summed E-state index contributed by atoms with van der Waals surface area (Å²) in [6, 6.07) is 0. The van der Waals surface area contributed by atoms with E-state index in [-0.39, 0.29) is 5.78 Å². The van der Waals surface area contributed by atoms with Crippen LogP contribution >= 0.6 is 0 Å². The van der Waals surface area contributed by atoms with Crippen LogP contribution in [0.1, 0.15) is 6.92 Å². The highest BCUT2D eigenvalue weighted by molar-refractivity contribution is 5.77. The van der Waals surface area contributed by atoms with E-state index in [0.717, 1.165) is 6.29 Å². The van der Waals surface area contributed by atoms with Gasteiger partial charge in [0.2, 0.25) is 0 Å². The van der Waals surface area contributed by atoms with Gasteiger partial charge in [-0.3, -0.25) is 9.69 Å². The van der Waals surface area contributed by atoms with Crippen molar-refractivity contribution in [2.75, 3.05) is 20.1 Å². The molecule has 0 N–H and O–H groups in total. The van der Waals surface area contributed by atoms with Crippen molar-refractivity contribution >= 4 is 12.1 Å². The first-order valence-corrected chi connectivity index (χ1v) is 2.78. The minimum Gasteiger partial charge on any atom is -0.302 e. The summed E-state index contributed by atoms with van der Waals surface area (Å²) in [5.74, 6) is 0.0827. The number of Topliss-reactive ketones (excluding diaryl/α,β-unsaturated/α-hetero) is 1. The van der Waals surface area contributed by atoms with Crippen LogP contribution in [0.4, 0.5) is 0 Å². The van der Waals surface area contributed by atoms with E-state index >= 15 is 0 Å². The molecule has 0 bridgehead atoms. The molecule has 0 aromatic carbocycles. The van der Waals surface area contributed by atoms with Crippen molar-refractivity contribution in [1.82, 2.24) is 4.90 Å². The Kier molecular flexibility index (Phi) is 3.88. The molecule has 0 aliphatic rings. The third kappa shape index (κ3) is 5.17. The molecule has 0 spiro atoms. The Bertz CT molecular complexity index is 112. The molecule has 0 unspecified atom stereocenters. The lowest BCUT2D eigenvalue weighted by Crippen LogP contribution is -2.25.